The predicted molar refractivity (Wildman–Crippen MR) is 69.1 cm³/mol. The monoisotopic (exact) mass is 243 g/mol. The van der Waals surface area contributed by atoms with Gasteiger partial charge in [0.2, 0.25) is 0 Å². The van der Waals surface area contributed by atoms with Crippen molar-refractivity contribution in [1.29, 1.82) is 5.26 Å². The molecule has 0 bridgehead atoms. The zero-order valence-corrected chi connectivity index (χ0v) is 10.4. The minimum Gasteiger partial charge on any atom is -0.377 e. The predicted octanol–water partition coefficient (Wildman–Crippen LogP) is 1.39. The van der Waals surface area contributed by atoms with Crippen molar-refractivity contribution < 1.29 is 4.74 Å². The minimum absolute atomic E-state index is 0.128. The highest BCUT2D eigenvalue weighted by atomic mass is 16.5. The van der Waals surface area contributed by atoms with Gasteiger partial charge in [-0.15, -0.1) is 0 Å². The lowest BCUT2D eigenvalue weighted by atomic mass is 9.72. The molecule has 4 heteroatoms. The van der Waals surface area contributed by atoms with Crippen LogP contribution in [-0.4, -0.2) is 24.8 Å². The maximum Gasteiger partial charge on any atom is 0.101 e. The maximum absolute atomic E-state index is 9.15. The van der Waals surface area contributed by atoms with E-state index in [-0.39, 0.29) is 18.2 Å². The summed E-state index contributed by atoms with van der Waals surface area (Å²) in [5.41, 5.74) is 8.81. The van der Waals surface area contributed by atoms with Crippen LogP contribution in [0.5, 0.6) is 0 Å². The van der Waals surface area contributed by atoms with E-state index in [1.807, 2.05) is 25.1 Å². The van der Waals surface area contributed by atoms with Crippen molar-refractivity contribution >= 4 is 5.69 Å². The van der Waals surface area contributed by atoms with Crippen LogP contribution in [0.3, 0.4) is 0 Å². The average Bonchev–Trinajstić information content (AvgIpc) is 2.81. The van der Waals surface area contributed by atoms with Gasteiger partial charge in [0.15, 0.2) is 0 Å². The molecule has 1 aliphatic carbocycles. The molecule has 1 heterocycles. The van der Waals surface area contributed by atoms with E-state index in [9.17, 15) is 0 Å². The zero-order valence-electron chi connectivity index (χ0n) is 10.4. The molecular formula is C14H17N3O. The van der Waals surface area contributed by atoms with Gasteiger partial charge >= 0.3 is 0 Å². The third-order valence-electron chi connectivity index (χ3n) is 4.15. The second kappa shape index (κ2) is 4.27. The Morgan fingerprint density at radius 1 is 1.50 bits per heavy atom. The number of hydrogen-bond acceptors (Lipinski definition) is 4. The molecule has 94 valence electrons. The first-order valence-corrected chi connectivity index (χ1v) is 6.36. The Hall–Kier alpha value is -1.57. The maximum atomic E-state index is 9.15. The van der Waals surface area contributed by atoms with Crippen molar-refractivity contribution in [2.45, 2.75) is 31.5 Å². The summed E-state index contributed by atoms with van der Waals surface area (Å²) < 4.78 is 5.70. The van der Waals surface area contributed by atoms with Gasteiger partial charge in [-0.3, -0.25) is 0 Å². The van der Waals surface area contributed by atoms with Crippen LogP contribution >= 0.6 is 0 Å². The van der Waals surface area contributed by atoms with Gasteiger partial charge in [0, 0.05) is 18.6 Å². The normalized spacial score (nSPS) is 33.4. The van der Waals surface area contributed by atoms with Crippen LogP contribution in [0.1, 0.15) is 17.5 Å². The standard InChI is InChI=1S/C14H17N3O/c1-8-3-2-4-9(7-15)12(8)17-13-11(16)10-5-6-18-14(10)13/h2-4,10-11,13-14,17H,5-6,16H2,1H3. The van der Waals surface area contributed by atoms with Crippen LogP contribution < -0.4 is 11.1 Å². The highest BCUT2D eigenvalue weighted by Gasteiger charge is 2.52. The third kappa shape index (κ3) is 1.59. The van der Waals surface area contributed by atoms with Crippen LogP contribution in [0.25, 0.3) is 0 Å². The molecule has 18 heavy (non-hydrogen) atoms. The van der Waals surface area contributed by atoms with E-state index in [2.05, 4.69) is 11.4 Å². The van der Waals surface area contributed by atoms with E-state index < -0.39 is 0 Å². The van der Waals surface area contributed by atoms with Crippen LogP contribution in [0.4, 0.5) is 5.69 Å². The summed E-state index contributed by atoms with van der Waals surface area (Å²) in [6.07, 6.45) is 1.27. The summed E-state index contributed by atoms with van der Waals surface area (Å²) in [6, 6.07) is 8.20. The number of nitrogens with one attached hydrogen (secondary N) is 1. The molecule has 1 aromatic rings. The molecule has 1 saturated carbocycles. The van der Waals surface area contributed by atoms with Crippen molar-refractivity contribution in [3.05, 3.63) is 29.3 Å². The molecule has 4 atom stereocenters. The minimum atomic E-state index is 0.128. The summed E-state index contributed by atoms with van der Waals surface area (Å²) >= 11 is 0. The highest BCUT2D eigenvalue weighted by Crippen LogP contribution is 2.40. The molecular weight excluding hydrogens is 226 g/mol. The average molecular weight is 243 g/mol. The Kier molecular flexibility index (Phi) is 2.73. The van der Waals surface area contributed by atoms with Crippen LogP contribution in [0.15, 0.2) is 18.2 Å². The van der Waals surface area contributed by atoms with Crippen LogP contribution in [-0.2, 0) is 4.74 Å². The molecule has 4 unspecified atom stereocenters. The fourth-order valence-corrected chi connectivity index (χ4v) is 3.05. The largest absolute Gasteiger partial charge is 0.377 e. The summed E-state index contributed by atoms with van der Waals surface area (Å²) in [5, 5.41) is 12.6. The van der Waals surface area contributed by atoms with Gasteiger partial charge in [-0.05, 0) is 25.0 Å². The number of hydrogen-bond donors (Lipinski definition) is 2. The highest BCUT2D eigenvalue weighted by molar-refractivity contribution is 5.63. The Bertz CT molecular complexity index is 508. The number of aryl methyl sites for hydroxylation is 1. The number of fused-ring (bicyclic) bond motifs is 1. The van der Waals surface area contributed by atoms with Gasteiger partial charge in [-0.1, -0.05) is 12.1 Å². The molecule has 1 aliphatic heterocycles. The van der Waals surface area contributed by atoms with Crippen molar-refractivity contribution in [2.24, 2.45) is 11.7 Å². The van der Waals surface area contributed by atoms with Gasteiger partial charge in [0.1, 0.15) is 6.07 Å². The molecule has 0 spiro atoms. The van der Waals surface area contributed by atoms with Crippen LogP contribution in [0.2, 0.25) is 0 Å². The lowest BCUT2D eigenvalue weighted by Gasteiger charge is -2.46. The number of para-hydroxylation sites is 1. The molecule has 3 rings (SSSR count). The van der Waals surface area contributed by atoms with E-state index in [1.54, 1.807) is 0 Å². The fraction of sp³-hybridized carbons (Fsp3) is 0.500. The van der Waals surface area contributed by atoms with Crippen molar-refractivity contribution in [3.8, 4) is 6.07 Å². The van der Waals surface area contributed by atoms with Crippen molar-refractivity contribution in [1.82, 2.24) is 0 Å². The van der Waals surface area contributed by atoms with Gasteiger partial charge < -0.3 is 15.8 Å². The second-order valence-electron chi connectivity index (χ2n) is 5.14. The number of benzene rings is 1. The lowest BCUT2D eigenvalue weighted by Crippen LogP contribution is -2.65. The van der Waals surface area contributed by atoms with Gasteiger partial charge in [-0.2, -0.15) is 5.26 Å². The quantitative estimate of drug-likeness (QED) is 0.823. The van der Waals surface area contributed by atoms with Gasteiger partial charge in [-0.25, -0.2) is 0 Å². The number of nitriles is 1. The van der Waals surface area contributed by atoms with E-state index >= 15 is 0 Å². The number of ether oxygens (including phenoxy) is 1. The van der Waals surface area contributed by atoms with Gasteiger partial charge in [0.25, 0.3) is 0 Å². The molecule has 4 nitrogen and oxygen atoms in total. The molecule has 0 radical (unpaired) electrons. The van der Waals surface area contributed by atoms with Crippen molar-refractivity contribution in [3.63, 3.8) is 0 Å². The SMILES string of the molecule is Cc1cccc(C#N)c1NC1C(N)C2CCOC21. The Morgan fingerprint density at radius 3 is 3.11 bits per heavy atom. The Balaban J connectivity index is 1.83. The zero-order chi connectivity index (χ0) is 12.7. The van der Waals surface area contributed by atoms with E-state index in [4.69, 9.17) is 15.7 Å². The van der Waals surface area contributed by atoms with E-state index in [0.29, 0.717) is 11.5 Å². The first kappa shape index (κ1) is 11.5. The topological polar surface area (TPSA) is 71.1 Å². The summed E-state index contributed by atoms with van der Waals surface area (Å²) in [7, 11) is 0. The molecule has 0 amide bonds. The number of rotatable bonds is 2. The van der Waals surface area contributed by atoms with Crippen molar-refractivity contribution in [2.75, 3.05) is 11.9 Å². The second-order valence-corrected chi connectivity index (χ2v) is 5.14. The molecule has 2 aliphatic rings. The molecule has 3 N–H and O–H groups in total. The fourth-order valence-electron chi connectivity index (χ4n) is 3.05. The number of nitrogens with two attached hydrogens (primary N) is 1. The number of anilines is 1. The molecule has 1 aromatic carbocycles. The first-order valence-electron chi connectivity index (χ1n) is 6.36. The summed E-state index contributed by atoms with van der Waals surface area (Å²) in [5.74, 6) is 0.483. The number of nitrogens with zero attached hydrogens (tertiary/aromatic N) is 1. The third-order valence-corrected chi connectivity index (χ3v) is 4.15. The Labute approximate surface area is 107 Å². The molecule has 2 fully saturated rings. The van der Waals surface area contributed by atoms with Crippen LogP contribution in [0, 0.1) is 24.2 Å². The van der Waals surface area contributed by atoms with E-state index in [1.165, 1.54) is 0 Å². The summed E-state index contributed by atoms with van der Waals surface area (Å²) in [6.45, 7) is 2.81. The lowest BCUT2D eigenvalue weighted by molar-refractivity contribution is 0.00535. The first-order chi connectivity index (χ1) is 8.72. The smallest absolute Gasteiger partial charge is 0.101 e. The molecule has 0 aromatic heterocycles. The summed E-state index contributed by atoms with van der Waals surface area (Å²) in [4.78, 5) is 0. The molecule has 1 saturated heterocycles. The Morgan fingerprint density at radius 2 is 2.33 bits per heavy atom. The van der Waals surface area contributed by atoms with E-state index in [0.717, 1.165) is 24.3 Å². The van der Waals surface area contributed by atoms with Gasteiger partial charge in [0.05, 0.1) is 23.4 Å².